The largest absolute Gasteiger partial charge is 0.486 e. The fraction of sp³-hybridized carbons (Fsp3) is 0.250. The Hall–Kier alpha value is -1.94. The van der Waals surface area contributed by atoms with Gasteiger partial charge in [-0.15, -0.1) is 0 Å². The van der Waals surface area contributed by atoms with Crippen LogP contribution in [0.25, 0.3) is 0 Å². The molecule has 2 unspecified atom stereocenters. The fourth-order valence-corrected chi connectivity index (χ4v) is 1.91. The summed E-state index contributed by atoms with van der Waals surface area (Å²) in [5, 5.41) is 0. The molecule has 0 saturated carbocycles. The van der Waals surface area contributed by atoms with Crippen LogP contribution in [0, 0.1) is 18.6 Å². The molecular formula is C16H17F2NO. The molecule has 106 valence electrons. The van der Waals surface area contributed by atoms with E-state index in [4.69, 9.17) is 10.5 Å². The van der Waals surface area contributed by atoms with Crippen molar-refractivity contribution in [3.05, 3.63) is 65.2 Å². The predicted molar refractivity (Wildman–Crippen MR) is 74.6 cm³/mol. The molecule has 0 aromatic heterocycles. The van der Waals surface area contributed by atoms with Crippen LogP contribution in [-0.4, -0.2) is 6.10 Å². The average molecular weight is 277 g/mol. The van der Waals surface area contributed by atoms with Crippen LogP contribution in [0.2, 0.25) is 0 Å². The highest BCUT2D eigenvalue weighted by molar-refractivity contribution is 5.27. The lowest BCUT2D eigenvalue weighted by atomic mass is 10.0. The number of hydrogen-bond donors (Lipinski definition) is 1. The van der Waals surface area contributed by atoms with Crippen LogP contribution < -0.4 is 10.5 Å². The van der Waals surface area contributed by atoms with E-state index >= 15 is 0 Å². The Balaban J connectivity index is 2.13. The number of aryl methyl sites for hydroxylation is 1. The molecule has 0 fully saturated rings. The number of nitrogens with two attached hydrogens (primary N) is 1. The van der Waals surface area contributed by atoms with Crippen molar-refractivity contribution in [1.82, 2.24) is 0 Å². The van der Waals surface area contributed by atoms with E-state index in [1.807, 2.05) is 31.2 Å². The van der Waals surface area contributed by atoms with Crippen molar-refractivity contribution in [3.63, 3.8) is 0 Å². The van der Waals surface area contributed by atoms with Gasteiger partial charge in [-0.3, -0.25) is 0 Å². The maximum absolute atomic E-state index is 13.5. The van der Waals surface area contributed by atoms with Crippen molar-refractivity contribution >= 4 is 0 Å². The first-order valence-electron chi connectivity index (χ1n) is 6.42. The Kier molecular flexibility index (Phi) is 4.35. The van der Waals surface area contributed by atoms with Crippen LogP contribution in [0.3, 0.4) is 0 Å². The summed E-state index contributed by atoms with van der Waals surface area (Å²) in [6.07, 6.45) is -0.478. The van der Waals surface area contributed by atoms with Crippen molar-refractivity contribution in [1.29, 1.82) is 0 Å². The molecule has 0 heterocycles. The van der Waals surface area contributed by atoms with Gasteiger partial charge in [0.2, 0.25) is 5.82 Å². The van der Waals surface area contributed by atoms with Crippen LogP contribution >= 0.6 is 0 Å². The molecule has 0 aliphatic rings. The highest BCUT2D eigenvalue weighted by atomic mass is 19.2. The smallest absolute Gasteiger partial charge is 0.200 e. The molecule has 0 spiro atoms. The van der Waals surface area contributed by atoms with Crippen LogP contribution in [0.15, 0.2) is 42.5 Å². The van der Waals surface area contributed by atoms with Crippen LogP contribution in [-0.2, 0) is 0 Å². The van der Waals surface area contributed by atoms with Gasteiger partial charge in [-0.2, -0.15) is 4.39 Å². The van der Waals surface area contributed by atoms with E-state index in [-0.39, 0.29) is 5.75 Å². The third-order valence-electron chi connectivity index (χ3n) is 3.20. The third kappa shape index (κ3) is 3.14. The fourth-order valence-electron chi connectivity index (χ4n) is 1.91. The van der Waals surface area contributed by atoms with Gasteiger partial charge in [0.1, 0.15) is 6.10 Å². The van der Waals surface area contributed by atoms with E-state index in [2.05, 4.69) is 0 Å². The molecule has 0 saturated heterocycles. The van der Waals surface area contributed by atoms with Crippen molar-refractivity contribution in [2.24, 2.45) is 5.73 Å². The summed E-state index contributed by atoms with van der Waals surface area (Å²) < 4.78 is 32.1. The standard InChI is InChI=1S/C16H17F2NO/c1-10-6-8-12(9-7-10)16(19)11(2)20-14-5-3-4-13(17)15(14)18/h3-9,11,16H,19H2,1-2H3. The zero-order valence-corrected chi connectivity index (χ0v) is 11.4. The Morgan fingerprint density at radius 1 is 1.05 bits per heavy atom. The average Bonchev–Trinajstić information content (AvgIpc) is 2.44. The molecule has 2 atom stereocenters. The van der Waals surface area contributed by atoms with Gasteiger partial charge in [-0.05, 0) is 31.5 Å². The maximum atomic E-state index is 13.5. The van der Waals surface area contributed by atoms with Crippen molar-refractivity contribution in [2.45, 2.75) is 26.0 Å². The zero-order chi connectivity index (χ0) is 14.7. The van der Waals surface area contributed by atoms with Gasteiger partial charge in [0.25, 0.3) is 0 Å². The molecule has 0 aliphatic heterocycles. The van der Waals surface area contributed by atoms with E-state index in [1.54, 1.807) is 6.92 Å². The summed E-state index contributed by atoms with van der Waals surface area (Å²) >= 11 is 0. The van der Waals surface area contributed by atoms with E-state index < -0.39 is 23.8 Å². The van der Waals surface area contributed by atoms with Crippen molar-refractivity contribution < 1.29 is 13.5 Å². The van der Waals surface area contributed by atoms with Gasteiger partial charge < -0.3 is 10.5 Å². The quantitative estimate of drug-likeness (QED) is 0.924. The van der Waals surface area contributed by atoms with E-state index in [9.17, 15) is 8.78 Å². The number of benzene rings is 2. The Bertz CT molecular complexity index is 584. The van der Waals surface area contributed by atoms with Gasteiger partial charge in [-0.25, -0.2) is 4.39 Å². The summed E-state index contributed by atoms with van der Waals surface area (Å²) in [6.45, 7) is 3.71. The number of ether oxygens (including phenoxy) is 1. The molecule has 2 nitrogen and oxygen atoms in total. The minimum Gasteiger partial charge on any atom is -0.486 e. The normalized spacial score (nSPS) is 13.8. The lowest BCUT2D eigenvalue weighted by molar-refractivity contribution is 0.180. The lowest BCUT2D eigenvalue weighted by Crippen LogP contribution is -2.29. The topological polar surface area (TPSA) is 35.2 Å². The molecule has 4 heteroatoms. The molecule has 2 rings (SSSR count). The van der Waals surface area contributed by atoms with Gasteiger partial charge in [0.05, 0.1) is 6.04 Å². The maximum Gasteiger partial charge on any atom is 0.200 e. The first-order valence-corrected chi connectivity index (χ1v) is 6.42. The minimum absolute atomic E-state index is 0.125. The number of hydrogen-bond acceptors (Lipinski definition) is 2. The first kappa shape index (κ1) is 14.5. The molecule has 20 heavy (non-hydrogen) atoms. The summed E-state index contributed by atoms with van der Waals surface area (Å²) in [7, 11) is 0. The summed E-state index contributed by atoms with van der Waals surface area (Å²) in [5.74, 6) is -2.05. The van der Waals surface area contributed by atoms with Gasteiger partial charge in [-0.1, -0.05) is 35.9 Å². The number of rotatable bonds is 4. The Morgan fingerprint density at radius 2 is 1.70 bits per heavy atom. The molecule has 0 aliphatic carbocycles. The number of halogens is 2. The van der Waals surface area contributed by atoms with E-state index in [0.717, 1.165) is 17.2 Å². The first-order chi connectivity index (χ1) is 9.49. The molecule has 2 aromatic carbocycles. The van der Waals surface area contributed by atoms with Gasteiger partial charge in [0.15, 0.2) is 11.6 Å². The van der Waals surface area contributed by atoms with Crippen LogP contribution in [0.4, 0.5) is 8.78 Å². The second kappa shape index (κ2) is 6.01. The van der Waals surface area contributed by atoms with Crippen molar-refractivity contribution in [2.75, 3.05) is 0 Å². The molecule has 0 bridgehead atoms. The Morgan fingerprint density at radius 3 is 2.35 bits per heavy atom. The molecular weight excluding hydrogens is 260 g/mol. The second-order valence-electron chi connectivity index (χ2n) is 4.81. The predicted octanol–water partition coefficient (Wildman–Crippen LogP) is 3.74. The summed E-state index contributed by atoms with van der Waals surface area (Å²) in [5.41, 5.74) is 8.10. The van der Waals surface area contributed by atoms with Gasteiger partial charge >= 0.3 is 0 Å². The van der Waals surface area contributed by atoms with Crippen LogP contribution in [0.1, 0.15) is 24.1 Å². The molecule has 2 N–H and O–H groups in total. The second-order valence-corrected chi connectivity index (χ2v) is 4.81. The van der Waals surface area contributed by atoms with Crippen LogP contribution in [0.5, 0.6) is 5.75 Å². The van der Waals surface area contributed by atoms with E-state index in [1.165, 1.54) is 12.1 Å². The monoisotopic (exact) mass is 277 g/mol. The molecule has 2 aromatic rings. The highest BCUT2D eigenvalue weighted by Crippen LogP contribution is 2.24. The lowest BCUT2D eigenvalue weighted by Gasteiger charge is -2.22. The minimum atomic E-state index is -0.990. The summed E-state index contributed by atoms with van der Waals surface area (Å²) in [4.78, 5) is 0. The van der Waals surface area contributed by atoms with Gasteiger partial charge in [0, 0.05) is 0 Å². The molecule has 0 radical (unpaired) electrons. The summed E-state index contributed by atoms with van der Waals surface area (Å²) in [6, 6.07) is 11.1. The van der Waals surface area contributed by atoms with Crippen molar-refractivity contribution in [3.8, 4) is 5.75 Å². The zero-order valence-electron chi connectivity index (χ0n) is 11.4. The van der Waals surface area contributed by atoms with E-state index in [0.29, 0.717) is 0 Å². The Labute approximate surface area is 117 Å². The SMILES string of the molecule is Cc1ccc(C(N)C(C)Oc2cccc(F)c2F)cc1. The molecule has 0 amide bonds. The third-order valence-corrected chi connectivity index (χ3v) is 3.20. The highest BCUT2D eigenvalue weighted by Gasteiger charge is 2.19.